The SMILES string of the molecule is O=C([O-])C1=CC(c2ccccc2)(c2ccc(F)cc2)O[N+]1=O. The summed E-state index contributed by atoms with van der Waals surface area (Å²) in [6.07, 6.45) is 1.16. The van der Waals surface area contributed by atoms with Crippen molar-refractivity contribution in [2.75, 3.05) is 0 Å². The smallest absolute Gasteiger partial charge is 0.340 e. The van der Waals surface area contributed by atoms with Gasteiger partial charge in [0.05, 0.1) is 11.0 Å². The van der Waals surface area contributed by atoms with Crippen molar-refractivity contribution < 1.29 is 24.1 Å². The topological polar surface area (TPSA) is 69.4 Å². The van der Waals surface area contributed by atoms with Crippen molar-refractivity contribution >= 4 is 5.97 Å². The summed E-state index contributed by atoms with van der Waals surface area (Å²) in [5.41, 5.74) is -1.10. The number of carboxylic acid groups (broad SMARTS) is 1. The zero-order chi connectivity index (χ0) is 15.7. The zero-order valence-electron chi connectivity index (χ0n) is 11.2. The Bertz CT molecular complexity index is 770. The maximum Gasteiger partial charge on any atom is 0.340 e. The van der Waals surface area contributed by atoms with Crippen LogP contribution >= 0.6 is 0 Å². The first kappa shape index (κ1) is 13.9. The lowest BCUT2D eigenvalue weighted by atomic mass is 9.86. The van der Waals surface area contributed by atoms with Gasteiger partial charge in [-0.3, -0.25) is 0 Å². The number of benzene rings is 2. The largest absolute Gasteiger partial charge is 0.539 e. The minimum Gasteiger partial charge on any atom is -0.539 e. The van der Waals surface area contributed by atoms with Crippen LogP contribution in [0.2, 0.25) is 0 Å². The first-order chi connectivity index (χ1) is 10.5. The molecule has 0 saturated carbocycles. The van der Waals surface area contributed by atoms with Gasteiger partial charge in [0.1, 0.15) is 11.8 Å². The summed E-state index contributed by atoms with van der Waals surface area (Å²) >= 11 is 0. The van der Waals surface area contributed by atoms with E-state index in [2.05, 4.69) is 0 Å². The van der Waals surface area contributed by atoms with Crippen molar-refractivity contribution in [3.8, 4) is 0 Å². The highest BCUT2D eigenvalue weighted by molar-refractivity contribution is 5.82. The number of carbonyl (C=O) groups is 1. The molecule has 1 aliphatic heterocycles. The van der Waals surface area contributed by atoms with Crippen LogP contribution in [0.4, 0.5) is 4.39 Å². The average molecular weight is 299 g/mol. The number of hydrogen-bond acceptors (Lipinski definition) is 4. The fraction of sp³-hybridized carbons (Fsp3) is 0.0625. The number of carboxylic acids is 1. The molecule has 2 aromatic rings. The molecule has 0 fully saturated rings. The molecule has 0 saturated heterocycles. The Morgan fingerprint density at radius 2 is 1.64 bits per heavy atom. The van der Waals surface area contributed by atoms with Crippen LogP contribution < -0.4 is 5.11 Å². The third-order valence-corrected chi connectivity index (χ3v) is 3.45. The second kappa shape index (κ2) is 5.07. The Hall–Kier alpha value is -3.02. The van der Waals surface area contributed by atoms with E-state index in [0.29, 0.717) is 11.1 Å². The Morgan fingerprint density at radius 3 is 2.18 bits per heavy atom. The third-order valence-electron chi connectivity index (χ3n) is 3.45. The third kappa shape index (κ3) is 2.14. The van der Waals surface area contributed by atoms with Gasteiger partial charge in [-0.25, -0.2) is 9.23 Å². The van der Waals surface area contributed by atoms with Crippen LogP contribution in [0.1, 0.15) is 11.1 Å². The number of aliphatic carboxylic acids is 1. The summed E-state index contributed by atoms with van der Waals surface area (Å²) < 4.78 is 13.1. The molecule has 0 N–H and O–H groups in total. The van der Waals surface area contributed by atoms with E-state index in [9.17, 15) is 19.2 Å². The number of halogens is 1. The molecule has 6 heteroatoms. The molecule has 0 spiro atoms. The van der Waals surface area contributed by atoms with Crippen LogP contribution in [-0.4, -0.2) is 10.9 Å². The highest BCUT2D eigenvalue weighted by Gasteiger charge is 2.51. The molecule has 3 rings (SSSR count). The molecule has 0 bridgehead atoms. The van der Waals surface area contributed by atoms with E-state index in [1.807, 2.05) is 0 Å². The normalized spacial score (nSPS) is 20.4. The fourth-order valence-electron chi connectivity index (χ4n) is 2.41. The Kier molecular flexibility index (Phi) is 3.21. The van der Waals surface area contributed by atoms with Gasteiger partial charge < -0.3 is 9.90 Å². The summed E-state index contributed by atoms with van der Waals surface area (Å²) in [4.78, 5) is 28.0. The van der Waals surface area contributed by atoms with E-state index in [1.54, 1.807) is 30.3 Å². The lowest BCUT2D eigenvalue weighted by Crippen LogP contribution is -2.28. The monoisotopic (exact) mass is 299 g/mol. The van der Waals surface area contributed by atoms with Crippen LogP contribution in [0.15, 0.2) is 66.4 Å². The Labute approximate surface area is 124 Å². The molecule has 2 aromatic carbocycles. The number of carbonyl (C=O) groups excluding carboxylic acids is 1. The Morgan fingerprint density at radius 1 is 1.05 bits per heavy atom. The van der Waals surface area contributed by atoms with Crippen molar-refractivity contribution in [2.45, 2.75) is 5.60 Å². The van der Waals surface area contributed by atoms with Crippen LogP contribution in [0.3, 0.4) is 0 Å². The fourth-order valence-corrected chi connectivity index (χ4v) is 2.41. The van der Waals surface area contributed by atoms with Crippen LogP contribution in [0.25, 0.3) is 0 Å². The molecule has 0 aliphatic carbocycles. The first-order valence-electron chi connectivity index (χ1n) is 6.45. The van der Waals surface area contributed by atoms with E-state index in [1.165, 1.54) is 24.3 Å². The molecule has 22 heavy (non-hydrogen) atoms. The zero-order valence-corrected chi connectivity index (χ0v) is 11.2. The molecule has 0 amide bonds. The summed E-state index contributed by atoms with van der Waals surface area (Å²) in [5, 5.41) is 11.1. The number of hydrogen-bond donors (Lipinski definition) is 0. The predicted molar refractivity (Wildman–Crippen MR) is 71.4 cm³/mol. The van der Waals surface area contributed by atoms with E-state index < -0.39 is 23.1 Å². The molecule has 110 valence electrons. The van der Waals surface area contributed by atoms with Gasteiger partial charge in [-0.15, -0.1) is 0 Å². The molecular formula is C16H10FNO4. The van der Waals surface area contributed by atoms with Crippen molar-refractivity contribution in [1.29, 1.82) is 0 Å². The van der Waals surface area contributed by atoms with Crippen molar-refractivity contribution in [2.24, 2.45) is 0 Å². The average Bonchev–Trinajstić information content (AvgIpc) is 2.88. The second-order valence-electron chi connectivity index (χ2n) is 4.77. The molecule has 1 atom stereocenters. The minimum atomic E-state index is -1.64. The lowest BCUT2D eigenvalue weighted by molar-refractivity contribution is -0.773. The van der Waals surface area contributed by atoms with Gasteiger partial charge in [0.25, 0.3) is 10.5 Å². The number of rotatable bonds is 3. The minimum absolute atomic E-state index is 0.0916. The van der Waals surface area contributed by atoms with Crippen molar-refractivity contribution in [1.82, 2.24) is 0 Å². The maximum absolute atomic E-state index is 13.1. The van der Waals surface area contributed by atoms with Crippen LogP contribution in [-0.2, 0) is 15.2 Å². The quantitative estimate of drug-likeness (QED) is 0.859. The van der Waals surface area contributed by atoms with E-state index in [-0.39, 0.29) is 4.92 Å². The van der Waals surface area contributed by atoms with Gasteiger partial charge in [0.15, 0.2) is 0 Å². The molecule has 1 heterocycles. The van der Waals surface area contributed by atoms with Gasteiger partial charge in [-0.05, 0) is 12.1 Å². The lowest BCUT2D eigenvalue weighted by Gasteiger charge is -2.21. The summed E-state index contributed by atoms with van der Waals surface area (Å²) in [7, 11) is 0. The molecule has 0 radical (unpaired) electrons. The summed E-state index contributed by atoms with van der Waals surface area (Å²) in [5.74, 6) is -2.09. The molecule has 1 unspecified atom stereocenters. The van der Waals surface area contributed by atoms with E-state index >= 15 is 0 Å². The van der Waals surface area contributed by atoms with Crippen molar-refractivity contribution in [3.63, 3.8) is 0 Å². The van der Waals surface area contributed by atoms with Crippen molar-refractivity contribution in [3.05, 3.63) is 88.2 Å². The highest BCUT2D eigenvalue weighted by atomic mass is 19.1. The maximum atomic E-state index is 13.1. The standard InChI is InChI=1S/C16H10FNO4/c17-13-8-6-12(7-9-13)16(11-4-2-1-3-5-11)10-14(15(19)20)18(21)22-16/h1-10H. The van der Waals surface area contributed by atoms with Crippen LogP contribution in [0, 0.1) is 10.7 Å². The predicted octanol–water partition coefficient (Wildman–Crippen LogP) is 1.43. The van der Waals surface area contributed by atoms with E-state index in [0.717, 1.165) is 6.08 Å². The molecule has 0 aromatic heterocycles. The van der Waals surface area contributed by atoms with E-state index in [4.69, 9.17) is 4.84 Å². The summed E-state index contributed by atoms with van der Waals surface area (Å²) in [6, 6.07) is 13.9. The van der Waals surface area contributed by atoms with Gasteiger partial charge in [0, 0.05) is 11.1 Å². The first-order valence-corrected chi connectivity index (χ1v) is 6.45. The molecule has 1 aliphatic rings. The van der Waals surface area contributed by atoms with Gasteiger partial charge >= 0.3 is 5.70 Å². The van der Waals surface area contributed by atoms with Gasteiger partial charge in [-0.1, -0.05) is 42.5 Å². The Balaban J connectivity index is 2.23. The van der Waals surface area contributed by atoms with Gasteiger partial charge in [-0.2, -0.15) is 0 Å². The molecular weight excluding hydrogens is 289 g/mol. The molecule has 5 nitrogen and oxygen atoms in total. The van der Waals surface area contributed by atoms with Crippen LogP contribution in [0.5, 0.6) is 0 Å². The van der Waals surface area contributed by atoms with Gasteiger partial charge in [0.2, 0.25) is 0 Å². The number of nitrogens with zero attached hydrogens (tertiary/aromatic N) is 1. The second-order valence-corrected chi connectivity index (χ2v) is 4.77. The summed E-state index contributed by atoms with van der Waals surface area (Å²) in [6.45, 7) is 0. The highest BCUT2D eigenvalue weighted by Crippen LogP contribution is 2.40.